The van der Waals surface area contributed by atoms with E-state index in [0.717, 1.165) is 16.9 Å². The van der Waals surface area contributed by atoms with Crippen LogP contribution in [0.25, 0.3) is 0 Å². The molecule has 0 bridgehead atoms. The maximum atomic E-state index is 12.0. The van der Waals surface area contributed by atoms with Crippen molar-refractivity contribution in [3.05, 3.63) is 29.3 Å². The average Bonchev–Trinajstić information content (AvgIpc) is 2.39. The summed E-state index contributed by atoms with van der Waals surface area (Å²) in [6.45, 7) is 4.61. The SMILES string of the molecule is CN=C(NCCOc1cc(C)cc(C)c1)NCCC(F)(F)F.I. The zero-order valence-electron chi connectivity index (χ0n) is 13.5. The monoisotopic (exact) mass is 445 g/mol. The lowest BCUT2D eigenvalue weighted by Gasteiger charge is -2.13. The molecule has 4 nitrogen and oxygen atoms in total. The minimum Gasteiger partial charge on any atom is -0.492 e. The number of guanidine groups is 1. The third-order valence-corrected chi connectivity index (χ3v) is 2.78. The molecule has 0 fully saturated rings. The van der Waals surface area contributed by atoms with Crippen LogP contribution in [0.4, 0.5) is 13.2 Å². The van der Waals surface area contributed by atoms with E-state index < -0.39 is 12.6 Å². The fraction of sp³-hybridized carbons (Fsp3) is 0.533. The van der Waals surface area contributed by atoms with Crippen LogP contribution in [0, 0.1) is 13.8 Å². The molecular weight excluding hydrogens is 422 g/mol. The van der Waals surface area contributed by atoms with Crippen LogP contribution in [0.5, 0.6) is 5.75 Å². The zero-order chi connectivity index (χ0) is 16.6. The van der Waals surface area contributed by atoms with Crippen molar-refractivity contribution in [3.8, 4) is 5.75 Å². The third kappa shape index (κ3) is 10.2. The van der Waals surface area contributed by atoms with Gasteiger partial charge in [0.05, 0.1) is 13.0 Å². The van der Waals surface area contributed by atoms with Gasteiger partial charge in [0.15, 0.2) is 5.96 Å². The smallest absolute Gasteiger partial charge is 0.390 e. The number of benzene rings is 1. The molecule has 1 aromatic carbocycles. The number of aliphatic imine (C=N–C) groups is 1. The molecule has 0 amide bonds. The number of ether oxygens (including phenoxy) is 1. The number of nitrogens with one attached hydrogen (secondary N) is 2. The van der Waals surface area contributed by atoms with Gasteiger partial charge < -0.3 is 15.4 Å². The molecule has 0 spiro atoms. The van der Waals surface area contributed by atoms with Gasteiger partial charge in [-0.25, -0.2) is 0 Å². The van der Waals surface area contributed by atoms with E-state index in [4.69, 9.17) is 4.74 Å². The fourth-order valence-electron chi connectivity index (χ4n) is 1.90. The Labute approximate surface area is 151 Å². The van der Waals surface area contributed by atoms with Gasteiger partial charge in [-0.3, -0.25) is 4.99 Å². The summed E-state index contributed by atoms with van der Waals surface area (Å²) < 4.78 is 41.7. The average molecular weight is 445 g/mol. The second-order valence-corrected chi connectivity index (χ2v) is 4.96. The van der Waals surface area contributed by atoms with Crippen LogP contribution in [0.1, 0.15) is 17.5 Å². The van der Waals surface area contributed by atoms with Gasteiger partial charge in [-0.05, 0) is 37.1 Å². The van der Waals surface area contributed by atoms with Gasteiger partial charge in [0.1, 0.15) is 12.4 Å². The lowest BCUT2D eigenvalue weighted by Crippen LogP contribution is -2.40. The van der Waals surface area contributed by atoms with E-state index in [9.17, 15) is 13.2 Å². The first-order valence-electron chi connectivity index (χ1n) is 7.02. The number of nitrogens with zero attached hydrogens (tertiary/aromatic N) is 1. The van der Waals surface area contributed by atoms with Crippen molar-refractivity contribution in [2.75, 3.05) is 26.7 Å². The molecule has 0 aromatic heterocycles. The number of rotatable bonds is 6. The Hall–Kier alpha value is -1.19. The van der Waals surface area contributed by atoms with Crippen LogP contribution >= 0.6 is 24.0 Å². The number of halogens is 4. The number of alkyl halides is 3. The molecule has 0 aliphatic heterocycles. The van der Waals surface area contributed by atoms with E-state index >= 15 is 0 Å². The van der Waals surface area contributed by atoms with Gasteiger partial charge >= 0.3 is 6.18 Å². The summed E-state index contributed by atoms with van der Waals surface area (Å²) in [5.41, 5.74) is 2.24. The Kier molecular flexibility index (Phi) is 10.0. The predicted octanol–water partition coefficient (Wildman–Crippen LogP) is 3.42. The summed E-state index contributed by atoms with van der Waals surface area (Å²) >= 11 is 0. The minimum atomic E-state index is -4.17. The maximum Gasteiger partial charge on any atom is 0.390 e. The summed E-state index contributed by atoms with van der Waals surface area (Å²) in [5.74, 6) is 1.10. The highest BCUT2D eigenvalue weighted by atomic mass is 127. The first-order valence-corrected chi connectivity index (χ1v) is 7.02. The Morgan fingerprint density at radius 1 is 1.09 bits per heavy atom. The molecule has 1 rings (SSSR count). The topological polar surface area (TPSA) is 45.7 Å². The molecule has 1 aromatic rings. The van der Waals surface area contributed by atoms with Crippen LogP contribution in [0.2, 0.25) is 0 Å². The van der Waals surface area contributed by atoms with Gasteiger partial charge in [-0.2, -0.15) is 13.2 Å². The van der Waals surface area contributed by atoms with Crippen molar-refractivity contribution in [1.82, 2.24) is 10.6 Å². The molecule has 2 N–H and O–H groups in total. The Bertz CT molecular complexity index is 487. The zero-order valence-corrected chi connectivity index (χ0v) is 15.8. The highest BCUT2D eigenvalue weighted by Gasteiger charge is 2.26. The molecule has 132 valence electrons. The second-order valence-electron chi connectivity index (χ2n) is 4.96. The van der Waals surface area contributed by atoms with Gasteiger partial charge in [-0.1, -0.05) is 6.07 Å². The summed E-state index contributed by atoms with van der Waals surface area (Å²) in [6.07, 6.45) is -5.06. The van der Waals surface area contributed by atoms with Crippen molar-refractivity contribution in [1.29, 1.82) is 0 Å². The van der Waals surface area contributed by atoms with E-state index in [1.54, 1.807) is 0 Å². The molecule has 0 saturated heterocycles. The van der Waals surface area contributed by atoms with E-state index in [-0.39, 0.29) is 30.5 Å². The third-order valence-electron chi connectivity index (χ3n) is 2.78. The molecule has 0 aliphatic rings. The highest BCUT2D eigenvalue weighted by Crippen LogP contribution is 2.18. The number of hydrogen-bond donors (Lipinski definition) is 2. The first kappa shape index (κ1) is 21.8. The normalized spacial score (nSPS) is 11.7. The minimum absolute atomic E-state index is 0. The standard InChI is InChI=1S/C15H22F3N3O.HI/c1-11-8-12(2)10-13(9-11)22-7-6-21-14(19-3)20-5-4-15(16,17)18;/h8-10H,4-7H2,1-3H3,(H2,19,20,21);1H. The summed E-state index contributed by atoms with van der Waals surface area (Å²) in [7, 11) is 1.51. The van der Waals surface area contributed by atoms with Gasteiger partial charge in [0, 0.05) is 13.6 Å². The predicted molar refractivity (Wildman–Crippen MR) is 96.9 cm³/mol. The molecule has 0 heterocycles. The van der Waals surface area contributed by atoms with Gasteiger partial charge in [0.2, 0.25) is 0 Å². The van der Waals surface area contributed by atoms with Crippen molar-refractivity contribution >= 4 is 29.9 Å². The molecule has 0 saturated carbocycles. The molecular formula is C15H23F3IN3O. The summed E-state index contributed by atoms with van der Waals surface area (Å²) in [5, 5.41) is 5.51. The maximum absolute atomic E-state index is 12.0. The number of aryl methyl sites for hydroxylation is 2. The van der Waals surface area contributed by atoms with E-state index in [1.807, 2.05) is 26.0 Å². The van der Waals surface area contributed by atoms with Crippen LogP contribution in [-0.4, -0.2) is 38.9 Å². The first-order chi connectivity index (χ1) is 10.3. The summed E-state index contributed by atoms with van der Waals surface area (Å²) in [6, 6.07) is 5.92. The van der Waals surface area contributed by atoms with Crippen molar-refractivity contribution in [3.63, 3.8) is 0 Å². The quantitative estimate of drug-likeness (QED) is 0.306. The Morgan fingerprint density at radius 3 is 2.17 bits per heavy atom. The summed E-state index contributed by atoms with van der Waals surface area (Å²) in [4.78, 5) is 3.85. The molecule has 8 heteroatoms. The fourth-order valence-corrected chi connectivity index (χ4v) is 1.90. The largest absolute Gasteiger partial charge is 0.492 e. The molecule has 0 atom stereocenters. The molecule has 0 aliphatic carbocycles. The highest BCUT2D eigenvalue weighted by molar-refractivity contribution is 14.0. The molecule has 0 unspecified atom stereocenters. The lowest BCUT2D eigenvalue weighted by atomic mass is 10.1. The van der Waals surface area contributed by atoms with E-state index in [1.165, 1.54) is 7.05 Å². The van der Waals surface area contributed by atoms with Crippen LogP contribution in [0.3, 0.4) is 0 Å². The van der Waals surface area contributed by atoms with Crippen molar-refractivity contribution < 1.29 is 17.9 Å². The van der Waals surface area contributed by atoms with E-state index in [0.29, 0.717) is 19.1 Å². The Balaban J connectivity index is 0.00000484. The van der Waals surface area contributed by atoms with Gasteiger partial charge in [0.25, 0.3) is 0 Å². The molecule has 23 heavy (non-hydrogen) atoms. The van der Waals surface area contributed by atoms with Crippen molar-refractivity contribution in [2.45, 2.75) is 26.4 Å². The number of hydrogen-bond acceptors (Lipinski definition) is 2. The lowest BCUT2D eigenvalue weighted by molar-refractivity contribution is -0.132. The second kappa shape index (κ2) is 10.6. The van der Waals surface area contributed by atoms with Crippen LogP contribution < -0.4 is 15.4 Å². The van der Waals surface area contributed by atoms with Crippen molar-refractivity contribution in [2.24, 2.45) is 4.99 Å². The molecule has 0 radical (unpaired) electrons. The van der Waals surface area contributed by atoms with Gasteiger partial charge in [-0.15, -0.1) is 24.0 Å². The van der Waals surface area contributed by atoms with E-state index in [2.05, 4.69) is 21.7 Å². The Morgan fingerprint density at radius 2 is 1.65 bits per heavy atom. The van der Waals surface area contributed by atoms with Crippen LogP contribution in [-0.2, 0) is 0 Å². The van der Waals surface area contributed by atoms with Crippen LogP contribution in [0.15, 0.2) is 23.2 Å².